The van der Waals surface area contributed by atoms with Crippen LogP contribution >= 0.6 is 0 Å². The molecule has 17 heavy (non-hydrogen) atoms. The van der Waals surface area contributed by atoms with Crippen LogP contribution < -0.4 is 5.32 Å². The van der Waals surface area contributed by atoms with Crippen LogP contribution in [-0.4, -0.2) is 63.1 Å². The van der Waals surface area contributed by atoms with E-state index in [-0.39, 0.29) is 31.6 Å². The summed E-state index contributed by atoms with van der Waals surface area (Å²) in [7, 11) is 0. The number of carbonyl (C=O) groups is 1. The molecule has 2 heterocycles. The molecule has 0 spiro atoms. The topological polar surface area (TPSA) is 112 Å². The average molecular weight is 242 g/mol. The van der Waals surface area contributed by atoms with E-state index in [1.807, 2.05) is 0 Å². The highest BCUT2D eigenvalue weighted by Crippen LogP contribution is 2.10. The van der Waals surface area contributed by atoms with Gasteiger partial charge in [-0.15, -0.1) is 5.10 Å². The van der Waals surface area contributed by atoms with Crippen molar-refractivity contribution in [1.82, 2.24) is 15.1 Å². The monoisotopic (exact) mass is 242 g/mol. The van der Waals surface area contributed by atoms with E-state index in [9.17, 15) is 15.0 Å². The molecular formula is C9H14N4O4. The fourth-order valence-corrected chi connectivity index (χ4v) is 1.69. The summed E-state index contributed by atoms with van der Waals surface area (Å²) in [6, 6.07) is 0.0489. The molecule has 1 aromatic heterocycles. The lowest BCUT2D eigenvalue weighted by Crippen LogP contribution is -2.32. The van der Waals surface area contributed by atoms with E-state index in [0.717, 1.165) is 0 Å². The van der Waals surface area contributed by atoms with Crippen molar-refractivity contribution in [2.45, 2.75) is 19.1 Å². The third-order valence-corrected chi connectivity index (χ3v) is 2.47. The Bertz CT molecular complexity index is 397. The maximum absolute atomic E-state index is 11.5. The van der Waals surface area contributed by atoms with E-state index >= 15 is 0 Å². The molecular weight excluding hydrogens is 228 g/mol. The van der Waals surface area contributed by atoms with Crippen LogP contribution in [0.5, 0.6) is 0 Å². The van der Waals surface area contributed by atoms with Gasteiger partial charge in [0.2, 0.25) is 11.8 Å². The molecule has 2 atom stereocenters. The van der Waals surface area contributed by atoms with Gasteiger partial charge in [-0.2, -0.15) is 0 Å². The zero-order valence-corrected chi connectivity index (χ0v) is 9.33. The largest absolute Gasteiger partial charge is 0.408 e. The van der Waals surface area contributed by atoms with E-state index in [0.29, 0.717) is 5.89 Å². The van der Waals surface area contributed by atoms with Crippen molar-refractivity contribution in [2.24, 2.45) is 0 Å². The summed E-state index contributed by atoms with van der Waals surface area (Å²) in [5, 5.41) is 28.2. The van der Waals surface area contributed by atoms with Crippen molar-refractivity contribution in [3.05, 3.63) is 5.89 Å². The Morgan fingerprint density at radius 2 is 2.12 bits per heavy atom. The van der Waals surface area contributed by atoms with Crippen LogP contribution in [0.15, 0.2) is 4.42 Å². The molecule has 8 nitrogen and oxygen atoms in total. The van der Waals surface area contributed by atoms with Gasteiger partial charge in [0.05, 0.1) is 18.8 Å². The van der Waals surface area contributed by atoms with Crippen LogP contribution in [0.25, 0.3) is 0 Å². The molecule has 3 N–H and O–H groups in total. The smallest absolute Gasteiger partial charge is 0.322 e. The van der Waals surface area contributed by atoms with Gasteiger partial charge in [-0.1, -0.05) is 5.10 Å². The Kier molecular flexibility index (Phi) is 3.36. The van der Waals surface area contributed by atoms with Gasteiger partial charge < -0.3 is 14.6 Å². The van der Waals surface area contributed by atoms with Crippen molar-refractivity contribution >= 4 is 11.9 Å². The number of hydrogen-bond acceptors (Lipinski definition) is 7. The average Bonchev–Trinajstić information content (AvgIpc) is 2.75. The summed E-state index contributed by atoms with van der Waals surface area (Å²) >= 11 is 0. The van der Waals surface area contributed by atoms with Crippen molar-refractivity contribution in [3.63, 3.8) is 0 Å². The summed E-state index contributed by atoms with van der Waals surface area (Å²) in [6.07, 6.45) is -1.60. The molecule has 0 radical (unpaired) electrons. The molecule has 0 aliphatic carbocycles. The molecule has 1 saturated heterocycles. The standard InChI is InChI=1S/C9H14N4O4/c1-5-11-12-9(17-5)10-8(16)4-13-2-6(14)7(15)3-13/h6-7,14-15H,2-4H2,1H3,(H,10,12,16)/t6-,7+. The molecule has 1 aliphatic heterocycles. The van der Waals surface area contributed by atoms with Crippen LogP contribution in [0, 0.1) is 6.92 Å². The molecule has 0 aromatic carbocycles. The second kappa shape index (κ2) is 4.78. The van der Waals surface area contributed by atoms with Crippen LogP contribution in [0.3, 0.4) is 0 Å². The summed E-state index contributed by atoms with van der Waals surface area (Å²) < 4.78 is 4.99. The predicted molar refractivity (Wildman–Crippen MR) is 56.1 cm³/mol. The second-order valence-electron chi connectivity index (χ2n) is 4.00. The van der Waals surface area contributed by atoms with Gasteiger partial charge in [0.25, 0.3) is 0 Å². The van der Waals surface area contributed by atoms with Crippen LogP contribution in [0.2, 0.25) is 0 Å². The first-order valence-corrected chi connectivity index (χ1v) is 5.23. The number of carbonyl (C=O) groups excluding carboxylic acids is 1. The fraction of sp³-hybridized carbons (Fsp3) is 0.667. The van der Waals surface area contributed by atoms with Crippen LogP contribution in [-0.2, 0) is 4.79 Å². The number of aliphatic hydroxyl groups excluding tert-OH is 2. The SMILES string of the molecule is Cc1nnc(NC(=O)CN2C[C@@H](O)[C@@H](O)C2)o1. The molecule has 1 aromatic rings. The van der Waals surface area contributed by atoms with E-state index in [2.05, 4.69) is 15.5 Å². The minimum Gasteiger partial charge on any atom is -0.408 e. The number of amides is 1. The molecule has 1 fully saturated rings. The summed E-state index contributed by atoms with van der Waals surface area (Å²) in [5.41, 5.74) is 0. The highest BCUT2D eigenvalue weighted by atomic mass is 16.4. The lowest BCUT2D eigenvalue weighted by Gasteiger charge is -2.12. The maximum Gasteiger partial charge on any atom is 0.322 e. The maximum atomic E-state index is 11.5. The Morgan fingerprint density at radius 3 is 2.65 bits per heavy atom. The number of likely N-dealkylation sites (tertiary alicyclic amines) is 1. The van der Waals surface area contributed by atoms with Gasteiger partial charge in [-0.05, 0) is 0 Å². The first kappa shape index (κ1) is 12.0. The highest BCUT2D eigenvalue weighted by Gasteiger charge is 2.30. The number of rotatable bonds is 3. The molecule has 2 rings (SSSR count). The number of nitrogens with zero attached hydrogens (tertiary/aromatic N) is 3. The number of aromatic nitrogens is 2. The van der Waals surface area contributed by atoms with E-state index in [4.69, 9.17) is 4.42 Å². The molecule has 0 unspecified atom stereocenters. The molecule has 1 amide bonds. The van der Waals surface area contributed by atoms with Crippen LogP contribution in [0.1, 0.15) is 5.89 Å². The lowest BCUT2D eigenvalue weighted by atomic mass is 10.3. The van der Waals surface area contributed by atoms with Crippen molar-refractivity contribution < 1.29 is 19.4 Å². The summed E-state index contributed by atoms with van der Waals surface area (Å²) in [4.78, 5) is 13.2. The molecule has 1 aliphatic rings. The Hall–Kier alpha value is -1.51. The fourth-order valence-electron chi connectivity index (χ4n) is 1.69. The van der Waals surface area contributed by atoms with E-state index in [1.54, 1.807) is 11.8 Å². The highest BCUT2D eigenvalue weighted by molar-refractivity contribution is 5.90. The van der Waals surface area contributed by atoms with Crippen molar-refractivity contribution in [2.75, 3.05) is 25.0 Å². The van der Waals surface area contributed by atoms with Gasteiger partial charge in [-0.3, -0.25) is 15.0 Å². The summed E-state index contributed by atoms with van der Waals surface area (Å²) in [5.74, 6) is 0.0438. The quantitative estimate of drug-likeness (QED) is 0.582. The van der Waals surface area contributed by atoms with Gasteiger partial charge >= 0.3 is 6.01 Å². The predicted octanol–water partition coefficient (Wildman–Crippen LogP) is -1.65. The van der Waals surface area contributed by atoms with Gasteiger partial charge in [0.1, 0.15) is 0 Å². The van der Waals surface area contributed by atoms with Crippen molar-refractivity contribution in [1.29, 1.82) is 0 Å². The minimum atomic E-state index is -0.798. The van der Waals surface area contributed by atoms with Gasteiger partial charge in [-0.25, -0.2) is 0 Å². The Morgan fingerprint density at radius 1 is 1.47 bits per heavy atom. The van der Waals surface area contributed by atoms with Crippen LogP contribution in [0.4, 0.5) is 6.01 Å². The van der Waals surface area contributed by atoms with E-state index in [1.165, 1.54) is 0 Å². The molecule has 8 heteroatoms. The van der Waals surface area contributed by atoms with Gasteiger partial charge in [0, 0.05) is 20.0 Å². The lowest BCUT2D eigenvalue weighted by molar-refractivity contribution is -0.117. The zero-order valence-electron chi connectivity index (χ0n) is 9.33. The van der Waals surface area contributed by atoms with Crippen molar-refractivity contribution in [3.8, 4) is 0 Å². The number of nitrogens with one attached hydrogen (secondary N) is 1. The number of β-amino-alcohol motifs (C(OH)–C–C–N with tert-alkyl or cyclic N) is 2. The number of hydrogen-bond donors (Lipinski definition) is 3. The molecule has 0 saturated carbocycles. The normalized spacial score (nSPS) is 25.1. The first-order chi connectivity index (χ1) is 8.04. The Labute approximate surface area is 97.2 Å². The number of aliphatic hydroxyl groups is 2. The third kappa shape index (κ3) is 2.99. The third-order valence-electron chi connectivity index (χ3n) is 2.47. The zero-order chi connectivity index (χ0) is 12.4. The van der Waals surface area contributed by atoms with Gasteiger partial charge in [0.15, 0.2) is 0 Å². The number of anilines is 1. The van der Waals surface area contributed by atoms with E-state index < -0.39 is 12.2 Å². The molecule has 94 valence electrons. The number of aryl methyl sites for hydroxylation is 1. The first-order valence-electron chi connectivity index (χ1n) is 5.23. The minimum absolute atomic E-state index is 0.0489. The molecule has 0 bridgehead atoms. The second-order valence-corrected chi connectivity index (χ2v) is 4.00. The summed E-state index contributed by atoms with van der Waals surface area (Å²) in [6.45, 7) is 2.24. The Balaban J connectivity index is 1.82.